The van der Waals surface area contributed by atoms with Crippen LogP contribution in [0.15, 0.2) is 53.4 Å². The van der Waals surface area contributed by atoms with Gasteiger partial charge in [-0.05, 0) is 43.0 Å². The van der Waals surface area contributed by atoms with E-state index in [-0.39, 0.29) is 11.6 Å². The summed E-state index contributed by atoms with van der Waals surface area (Å²) >= 11 is 0. The second-order valence-electron chi connectivity index (χ2n) is 8.40. The molecule has 2 aromatic rings. The first kappa shape index (κ1) is 23.2. The molecule has 9 nitrogen and oxygen atoms in total. The molecule has 0 spiro atoms. The highest BCUT2D eigenvalue weighted by Gasteiger charge is 2.27. The number of amides is 1. The summed E-state index contributed by atoms with van der Waals surface area (Å²) < 4.78 is 26.8. The smallest absolute Gasteiger partial charge is 0.271 e. The molecule has 2 saturated heterocycles. The Labute approximate surface area is 193 Å². The molecule has 0 radical (unpaired) electrons. The molecule has 0 saturated carbocycles. The molecule has 0 aliphatic carbocycles. The average Bonchev–Trinajstić information content (AvgIpc) is 3.39. The van der Waals surface area contributed by atoms with Crippen molar-refractivity contribution >= 4 is 27.3 Å². The Bertz CT molecular complexity index is 1110. The zero-order valence-electron chi connectivity index (χ0n) is 18.4. The van der Waals surface area contributed by atoms with E-state index in [1.54, 1.807) is 36.4 Å². The van der Waals surface area contributed by atoms with Gasteiger partial charge in [-0.25, -0.2) is 8.42 Å². The predicted octanol–water partition coefficient (Wildman–Crippen LogP) is 2.66. The molecule has 10 heteroatoms. The number of nitro benzene ring substituents is 1. The number of hydrogen-bond donors (Lipinski definition) is 0. The van der Waals surface area contributed by atoms with E-state index in [0.29, 0.717) is 57.0 Å². The van der Waals surface area contributed by atoms with Crippen LogP contribution in [0.1, 0.15) is 24.8 Å². The number of carbonyl (C=O) groups excluding carboxylic acids is 1. The molecule has 1 amide bonds. The van der Waals surface area contributed by atoms with Crippen LogP contribution >= 0.6 is 0 Å². The second kappa shape index (κ2) is 9.88. The maximum Gasteiger partial charge on any atom is 0.271 e. The van der Waals surface area contributed by atoms with Crippen molar-refractivity contribution in [3.05, 3.63) is 64.2 Å². The largest absolute Gasteiger partial charge is 0.368 e. The van der Waals surface area contributed by atoms with E-state index in [2.05, 4.69) is 4.90 Å². The van der Waals surface area contributed by atoms with Gasteiger partial charge < -0.3 is 9.80 Å². The minimum Gasteiger partial charge on any atom is -0.368 e. The first-order chi connectivity index (χ1) is 15.8. The van der Waals surface area contributed by atoms with Gasteiger partial charge in [-0.15, -0.1) is 0 Å². The molecule has 2 aliphatic heterocycles. The normalized spacial score (nSPS) is 17.3. The van der Waals surface area contributed by atoms with Gasteiger partial charge in [0.25, 0.3) is 5.69 Å². The lowest BCUT2D eigenvalue weighted by atomic mass is 10.1. The molecule has 4 rings (SSSR count). The van der Waals surface area contributed by atoms with Gasteiger partial charge in [-0.2, -0.15) is 4.31 Å². The second-order valence-corrected chi connectivity index (χ2v) is 10.3. The Morgan fingerprint density at radius 1 is 0.939 bits per heavy atom. The number of rotatable bonds is 7. The van der Waals surface area contributed by atoms with Crippen LogP contribution in [-0.4, -0.2) is 67.7 Å². The summed E-state index contributed by atoms with van der Waals surface area (Å²) in [4.78, 5) is 27.4. The number of nitro groups is 1. The summed E-state index contributed by atoms with van der Waals surface area (Å²) in [5.41, 5.74) is 1.78. The van der Waals surface area contributed by atoms with Crippen molar-refractivity contribution in [2.24, 2.45) is 0 Å². The zero-order valence-corrected chi connectivity index (χ0v) is 19.2. The standard InChI is InChI=1S/C23H28N4O5S/c28-23(25-16-14-24(15-17-25)20-4-3-5-21(18-20)27(29)30)11-8-19-6-9-22(10-7-19)33(31,32)26-12-1-2-13-26/h3-7,9-10,18H,1-2,8,11-17H2. The monoisotopic (exact) mass is 472 g/mol. The topological polar surface area (TPSA) is 104 Å². The Kier molecular flexibility index (Phi) is 6.94. The third kappa shape index (κ3) is 5.33. The van der Waals surface area contributed by atoms with E-state index in [9.17, 15) is 23.3 Å². The van der Waals surface area contributed by atoms with Gasteiger partial charge in [0, 0.05) is 63.5 Å². The molecule has 0 bridgehead atoms. The van der Waals surface area contributed by atoms with Crippen molar-refractivity contribution < 1.29 is 18.1 Å². The van der Waals surface area contributed by atoms with Crippen molar-refractivity contribution in [2.75, 3.05) is 44.2 Å². The van der Waals surface area contributed by atoms with Crippen molar-refractivity contribution in [2.45, 2.75) is 30.6 Å². The molecule has 0 unspecified atom stereocenters. The first-order valence-corrected chi connectivity index (χ1v) is 12.6. The van der Waals surface area contributed by atoms with E-state index in [1.807, 2.05) is 11.0 Å². The van der Waals surface area contributed by atoms with Crippen molar-refractivity contribution in [3.63, 3.8) is 0 Å². The number of anilines is 1. The molecule has 0 aromatic heterocycles. The number of benzene rings is 2. The molecule has 0 atom stereocenters. The van der Waals surface area contributed by atoms with Crippen molar-refractivity contribution in [1.82, 2.24) is 9.21 Å². The SMILES string of the molecule is O=C(CCc1ccc(S(=O)(=O)N2CCCC2)cc1)N1CCN(c2cccc([N+](=O)[O-])c2)CC1. The molecule has 176 valence electrons. The Balaban J connectivity index is 1.27. The minimum absolute atomic E-state index is 0.0578. The summed E-state index contributed by atoms with van der Waals surface area (Å²) in [6.45, 7) is 3.52. The summed E-state index contributed by atoms with van der Waals surface area (Å²) in [6.07, 6.45) is 2.71. The number of piperazine rings is 1. The maximum absolute atomic E-state index is 12.7. The van der Waals surface area contributed by atoms with E-state index < -0.39 is 14.9 Å². The molecule has 2 aliphatic rings. The molecular formula is C23H28N4O5S. The number of hydrogen-bond acceptors (Lipinski definition) is 6. The van der Waals surface area contributed by atoms with Gasteiger partial charge in [0.05, 0.1) is 9.82 Å². The van der Waals surface area contributed by atoms with Crippen LogP contribution in [0.2, 0.25) is 0 Å². The highest BCUT2D eigenvalue weighted by atomic mass is 32.2. The van der Waals surface area contributed by atoms with Crippen LogP contribution < -0.4 is 4.90 Å². The van der Waals surface area contributed by atoms with Gasteiger partial charge in [0.1, 0.15) is 0 Å². The van der Waals surface area contributed by atoms with Gasteiger partial charge in [-0.3, -0.25) is 14.9 Å². The van der Waals surface area contributed by atoms with E-state index >= 15 is 0 Å². The minimum atomic E-state index is -3.42. The van der Waals surface area contributed by atoms with Gasteiger partial charge in [-0.1, -0.05) is 18.2 Å². The number of carbonyl (C=O) groups is 1. The van der Waals surface area contributed by atoms with Crippen molar-refractivity contribution in [3.8, 4) is 0 Å². The van der Waals surface area contributed by atoms with Crippen LogP contribution in [0.5, 0.6) is 0 Å². The van der Waals surface area contributed by atoms with E-state index in [4.69, 9.17) is 0 Å². The number of nitrogens with zero attached hydrogens (tertiary/aromatic N) is 4. The fraction of sp³-hybridized carbons (Fsp3) is 0.435. The fourth-order valence-corrected chi connectivity index (χ4v) is 5.85. The molecule has 0 N–H and O–H groups in total. The fourth-order valence-electron chi connectivity index (χ4n) is 4.33. The average molecular weight is 473 g/mol. The lowest BCUT2D eigenvalue weighted by Gasteiger charge is -2.36. The van der Waals surface area contributed by atoms with Crippen molar-refractivity contribution in [1.29, 1.82) is 0 Å². The van der Waals surface area contributed by atoms with Crippen LogP contribution in [-0.2, 0) is 21.2 Å². The van der Waals surface area contributed by atoms with E-state index in [1.165, 1.54) is 10.4 Å². The van der Waals surface area contributed by atoms with Crippen LogP contribution in [0, 0.1) is 10.1 Å². The zero-order chi connectivity index (χ0) is 23.4. The predicted molar refractivity (Wildman–Crippen MR) is 125 cm³/mol. The Morgan fingerprint density at radius 2 is 1.61 bits per heavy atom. The molecule has 2 heterocycles. The third-order valence-electron chi connectivity index (χ3n) is 6.29. The van der Waals surface area contributed by atoms with E-state index in [0.717, 1.165) is 24.1 Å². The van der Waals surface area contributed by atoms with Crippen LogP contribution in [0.4, 0.5) is 11.4 Å². The Hall–Kier alpha value is -2.98. The molecular weight excluding hydrogens is 444 g/mol. The summed E-state index contributed by atoms with van der Waals surface area (Å²) in [5, 5.41) is 11.0. The summed E-state index contributed by atoms with van der Waals surface area (Å²) in [7, 11) is -3.42. The highest BCUT2D eigenvalue weighted by Crippen LogP contribution is 2.23. The van der Waals surface area contributed by atoms with Crippen LogP contribution in [0.3, 0.4) is 0 Å². The molecule has 2 fully saturated rings. The molecule has 2 aromatic carbocycles. The third-order valence-corrected chi connectivity index (χ3v) is 8.20. The molecule has 33 heavy (non-hydrogen) atoms. The number of non-ortho nitro benzene ring substituents is 1. The quantitative estimate of drug-likeness (QED) is 0.453. The van der Waals surface area contributed by atoms with Gasteiger partial charge in [0.2, 0.25) is 15.9 Å². The lowest BCUT2D eigenvalue weighted by molar-refractivity contribution is -0.384. The van der Waals surface area contributed by atoms with Gasteiger partial charge in [0.15, 0.2) is 0 Å². The highest BCUT2D eigenvalue weighted by molar-refractivity contribution is 7.89. The summed E-state index contributed by atoms with van der Waals surface area (Å²) in [5.74, 6) is 0.0578. The maximum atomic E-state index is 12.7. The lowest BCUT2D eigenvalue weighted by Crippen LogP contribution is -2.48. The van der Waals surface area contributed by atoms with Gasteiger partial charge >= 0.3 is 0 Å². The number of sulfonamides is 1. The first-order valence-electron chi connectivity index (χ1n) is 11.2. The van der Waals surface area contributed by atoms with Crippen LogP contribution in [0.25, 0.3) is 0 Å². The number of aryl methyl sites for hydroxylation is 1. The Morgan fingerprint density at radius 3 is 2.24 bits per heavy atom. The summed E-state index contributed by atoms with van der Waals surface area (Å²) in [6, 6.07) is 13.4.